The summed E-state index contributed by atoms with van der Waals surface area (Å²) in [6.45, 7) is 1.95. The van der Waals surface area contributed by atoms with Gasteiger partial charge in [0.25, 0.3) is 0 Å². The van der Waals surface area contributed by atoms with Crippen LogP contribution in [0.5, 0.6) is 5.75 Å². The molecule has 7 heteroatoms. The van der Waals surface area contributed by atoms with Crippen molar-refractivity contribution >= 4 is 40.7 Å². The van der Waals surface area contributed by atoms with Gasteiger partial charge in [-0.05, 0) is 25.1 Å². The first kappa shape index (κ1) is 19.5. The van der Waals surface area contributed by atoms with Gasteiger partial charge in [0.15, 0.2) is 0 Å². The topological polar surface area (TPSA) is 60.5 Å². The number of rotatable bonds is 5. The number of carbonyl (C=O) groups excluding carboxylic acids is 1. The molecule has 0 spiro atoms. The van der Waals surface area contributed by atoms with Crippen LogP contribution in [-0.4, -0.2) is 24.7 Å². The molecule has 0 atom stereocenters. The predicted octanol–water partition coefficient (Wildman–Crippen LogP) is 4.72. The van der Waals surface area contributed by atoms with Crippen molar-refractivity contribution in [2.75, 3.05) is 19.0 Å². The summed E-state index contributed by atoms with van der Waals surface area (Å²) in [5.74, 6) is -0.395. The number of para-hydroxylation sites is 2. The highest BCUT2D eigenvalue weighted by molar-refractivity contribution is 6.07. The Hall–Kier alpha value is -2.86. The maximum atomic E-state index is 14.1. The van der Waals surface area contributed by atoms with Crippen LogP contribution in [0.15, 0.2) is 48.7 Å². The molecule has 0 unspecified atom stereocenters. The van der Waals surface area contributed by atoms with Gasteiger partial charge in [-0.1, -0.05) is 24.3 Å². The fourth-order valence-electron chi connectivity index (χ4n) is 2.56. The average Bonchev–Trinajstić information content (AvgIpc) is 2.63. The van der Waals surface area contributed by atoms with Gasteiger partial charge in [0.2, 0.25) is 0 Å². The highest BCUT2D eigenvalue weighted by Gasteiger charge is 2.19. The number of esters is 1. The Bertz CT molecular complexity index is 934. The van der Waals surface area contributed by atoms with E-state index in [0.29, 0.717) is 22.3 Å². The molecule has 0 amide bonds. The number of hydrogen-bond donors (Lipinski definition) is 1. The SMILES string of the molecule is CCOC(=O)c1cnc2c(OC)cccc2c1Nc1ccccc1F.Cl. The van der Waals surface area contributed by atoms with Gasteiger partial charge in [-0.25, -0.2) is 9.18 Å². The number of nitrogens with one attached hydrogen (secondary N) is 1. The van der Waals surface area contributed by atoms with Crippen LogP contribution in [0.4, 0.5) is 15.8 Å². The van der Waals surface area contributed by atoms with Crippen molar-refractivity contribution < 1.29 is 18.7 Å². The van der Waals surface area contributed by atoms with E-state index < -0.39 is 11.8 Å². The maximum Gasteiger partial charge on any atom is 0.341 e. The molecule has 0 saturated carbocycles. The lowest BCUT2D eigenvalue weighted by Crippen LogP contribution is -2.10. The zero-order valence-corrected chi connectivity index (χ0v) is 15.1. The zero-order valence-electron chi connectivity index (χ0n) is 14.3. The average molecular weight is 377 g/mol. The summed E-state index contributed by atoms with van der Waals surface area (Å²) in [5, 5.41) is 3.64. The molecule has 0 fully saturated rings. The van der Waals surface area contributed by atoms with Gasteiger partial charge in [0.1, 0.15) is 22.6 Å². The molecule has 0 bridgehead atoms. The first-order valence-electron chi connectivity index (χ1n) is 7.80. The number of benzene rings is 2. The van der Waals surface area contributed by atoms with Crippen LogP contribution in [0.25, 0.3) is 10.9 Å². The fraction of sp³-hybridized carbons (Fsp3) is 0.158. The van der Waals surface area contributed by atoms with Gasteiger partial charge in [-0.2, -0.15) is 0 Å². The molecule has 136 valence electrons. The van der Waals surface area contributed by atoms with Crippen molar-refractivity contribution in [3.63, 3.8) is 0 Å². The van der Waals surface area contributed by atoms with E-state index in [1.165, 1.54) is 12.3 Å². The third-order valence-corrected chi connectivity index (χ3v) is 3.71. The Morgan fingerprint density at radius 2 is 1.96 bits per heavy atom. The number of nitrogens with zero attached hydrogens (tertiary/aromatic N) is 1. The zero-order chi connectivity index (χ0) is 17.8. The van der Waals surface area contributed by atoms with E-state index in [-0.39, 0.29) is 30.3 Å². The number of anilines is 2. The van der Waals surface area contributed by atoms with Crippen LogP contribution >= 0.6 is 12.4 Å². The highest BCUT2D eigenvalue weighted by atomic mass is 35.5. The van der Waals surface area contributed by atoms with Crippen LogP contribution in [0.2, 0.25) is 0 Å². The molecule has 0 aliphatic rings. The van der Waals surface area contributed by atoms with Crippen molar-refractivity contribution in [1.82, 2.24) is 4.98 Å². The standard InChI is InChI=1S/C19H17FN2O3.ClH/c1-3-25-19(23)13-11-21-18-12(7-6-10-16(18)24-2)17(13)22-15-9-5-4-8-14(15)20;/h4-11H,3H2,1-2H3,(H,21,22);1H. The number of halogens is 2. The van der Waals surface area contributed by atoms with Crippen molar-refractivity contribution in [2.24, 2.45) is 0 Å². The Kier molecular flexibility index (Phi) is 6.36. The van der Waals surface area contributed by atoms with Crippen molar-refractivity contribution in [3.05, 3.63) is 60.0 Å². The minimum absolute atomic E-state index is 0. The van der Waals surface area contributed by atoms with Crippen LogP contribution in [0.1, 0.15) is 17.3 Å². The molecule has 0 radical (unpaired) electrons. The number of pyridine rings is 1. The van der Waals surface area contributed by atoms with Crippen LogP contribution in [-0.2, 0) is 4.74 Å². The van der Waals surface area contributed by atoms with Gasteiger partial charge in [-0.3, -0.25) is 4.98 Å². The lowest BCUT2D eigenvalue weighted by atomic mass is 10.1. The van der Waals surface area contributed by atoms with Gasteiger partial charge < -0.3 is 14.8 Å². The second-order valence-electron chi connectivity index (χ2n) is 5.23. The summed E-state index contributed by atoms with van der Waals surface area (Å²) in [4.78, 5) is 16.6. The highest BCUT2D eigenvalue weighted by Crippen LogP contribution is 2.34. The first-order valence-corrected chi connectivity index (χ1v) is 7.80. The van der Waals surface area contributed by atoms with Crippen molar-refractivity contribution in [2.45, 2.75) is 6.92 Å². The molecule has 26 heavy (non-hydrogen) atoms. The Morgan fingerprint density at radius 3 is 2.65 bits per heavy atom. The Morgan fingerprint density at radius 1 is 1.19 bits per heavy atom. The van der Waals surface area contributed by atoms with E-state index in [4.69, 9.17) is 9.47 Å². The van der Waals surface area contributed by atoms with Crippen LogP contribution in [0, 0.1) is 5.82 Å². The van der Waals surface area contributed by atoms with Gasteiger partial charge in [0, 0.05) is 11.6 Å². The quantitative estimate of drug-likeness (QED) is 0.652. The third-order valence-electron chi connectivity index (χ3n) is 3.71. The number of carbonyl (C=O) groups is 1. The van der Waals surface area contributed by atoms with Crippen molar-refractivity contribution in [3.8, 4) is 5.75 Å². The normalized spacial score (nSPS) is 10.1. The predicted molar refractivity (Wildman–Crippen MR) is 101 cm³/mol. The van der Waals surface area contributed by atoms with E-state index in [1.807, 2.05) is 0 Å². The molecule has 3 aromatic rings. The Balaban J connectivity index is 0.00000243. The molecule has 3 rings (SSSR count). The van der Waals surface area contributed by atoms with Gasteiger partial charge >= 0.3 is 5.97 Å². The smallest absolute Gasteiger partial charge is 0.341 e. The molecule has 0 aliphatic carbocycles. The number of hydrogen-bond acceptors (Lipinski definition) is 5. The molecular weight excluding hydrogens is 359 g/mol. The number of methoxy groups -OCH3 is 1. The van der Waals surface area contributed by atoms with Crippen LogP contribution < -0.4 is 10.1 Å². The lowest BCUT2D eigenvalue weighted by molar-refractivity contribution is 0.0527. The summed E-state index contributed by atoms with van der Waals surface area (Å²) in [6.07, 6.45) is 1.41. The molecule has 0 aliphatic heterocycles. The first-order chi connectivity index (χ1) is 12.2. The summed E-state index contributed by atoms with van der Waals surface area (Å²) in [6, 6.07) is 11.6. The summed E-state index contributed by atoms with van der Waals surface area (Å²) in [7, 11) is 1.54. The second-order valence-corrected chi connectivity index (χ2v) is 5.23. The molecule has 0 saturated heterocycles. The third kappa shape index (κ3) is 3.70. The maximum absolute atomic E-state index is 14.1. The van der Waals surface area contributed by atoms with E-state index >= 15 is 0 Å². The van der Waals surface area contributed by atoms with Crippen LogP contribution in [0.3, 0.4) is 0 Å². The monoisotopic (exact) mass is 376 g/mol. The van der Waals surface area contributed by atoms with E-state index in [1.54, 1.807) is 50.4 Å². The summed E-state index contributed by atoms with van der Waals surface area (Å²) < 4.78 is 24.5. The number of aromatic nitrogens is 1. The molecule has 1 N–H and O–H groups in total. The number of ether oxygens (including phenoxy) is 2. The minimum atomic E-state index is -0.529. The fourth-order valence-corrected chi connectivity index (χ4v) is 2.56. The second kappa shape index (κ2) is 8.49. The molecular formula is C19H18ClFN2O3. The molecule has 1 heterocycles. The van der Waals surface area contributed by atoms with Gasteiger partial charge in [-0.15, -0.1) is 12.4 Å². The molecule has 5 nitrogen and oxygen atoms in total. The summed E-state index contributed by atoms with van der Waals surface area (Å²) in [5.41, 5.74) is 1.47. The minimum Gasteiger partial charge on any atom is -0.494 e. The van der Waals surface area contributed by atoms with E-state index in [0.717, 1.165) is 0 Å². The van der Waals surface area contributed by atoms with E-state index in [2.05, 4.69) is 10.3 Å². The Labute approximate surface area is 156 Å². The lowest BCUT2D eigenvalue weighted by Gasteiger charge is -2.15. The largest absolute Gasteiger partial charge is 0.494 e. The van der Waals surface area contributed by atoms with E-state index in [9.17, 15) is 9.18 Å². The number of fused-ring (bicyclic) bond motifs is 1. The summed E-state index contributed by atoms with van der Waals surface area (Å²) >= 11 is 0. The van der Waals surface area contributed by atoms with Crippen molar-refractivity contribution in [1.29, 1.82) is 0 Å². The molecule has 1 aromatic heterocycles. The van der Waals surface area contributed by atoms with Gasteiger partial charge in [0.05, 0.1) is 25.1 Å². The molecule has 2 aromatic carbocycles.